The van der Waals surface area contributed by atoms with Crippen LogP contribution < -0.4 is 10.6 Å². The number of nitrogens with zero attached hydrogens (tertiary/aromatic N) is 1. The summed E-state index contributed by atoms with van der Waals surface area (Å²) < 4.78 is 37.5. The largest absolute Gasteiger partial charge is 0.366 e. The smallest absolute Gasteiger partial charge is 0.152 e. The predicted octanol–water partition coefficient (Wildman–Crippen LogP) is 1.56. The summed E-state index contributed by atoms with van der Waals surface area (Å²) in [5.41, 5.74) is 5.94. The molecule has 0 spiro atoms. The van der Waals surface area contributed by atoms with Gasteiger partial charge in [0.15, 0.2) is 9.84 Å². The third-order valence-electron chi connectivity index (χ3n) is 4.41. The lowest BCUT2D eigenvalue weighted by Crippen LogP contribution is -2.59. The van der Waals surface area contributed by atoms with Crippen LogP contribution in [0.3, 0.4) is 0 Å². The molecule has 0 heterocycles. The Kier molecular flexibility index (Phi) is 4.07. The quantitative estimate of drug-likeness (QED) is 0.916. The van der Waals surface area contributed by atoms with Crippen LogP contribution in [0.5, 0.6) is 0 Å². The minimum atomic E-state index is -3.20. The normalized spacial score (nSPS) is 26.7. The third-order valence-corrected chi connectivity index (χ3v) is 6.12. The number of likely N-dealkylation sites (N-methyl/N-ethyl adjacent to an activating group) is 1. The average Bonchev–Trinajstić information content (AvgIpc) is 2.83. The van der Waals surface area contributed by atoms with Crippen LogP contribution >= 0.6 is 0 Å². The molecule has 1 saturated carbocycles. The van der Waals surface area contributed by atoms with Gasteiger partial charge in [-0.2, -0.15) is 0 Å². The maximum absolute atomic E-state index is 13.4. The molecule has 2 atom stereocenters. The van der Waals surface area contributed by atoms with Gasteiger partial charge in [-0.15, -0.1) is 0 Å². The Morgan fingerprint density at radius 1 is 1.50 bits per heavy atom. The molecule has 0 saturated heterocycles. The van der Waals surface area contributed by atoms with Gasteiger partial charge in [-0.05, 0) is 37.5 Å². The number of hydrogen-bond donors (Lipinski definition) is 1. The zero-order valence-corrected chi connectivity index (χ0v) is 12.7. The summed E-state index contributed by atoms with van der Waals surface area (Å²) in [4.78, 5) is 1.84. The number of rotatable bonds is 4. The second-order valence-corrected chi connectivity index (χ2v) is 7.79. The molecule has 2 unspecified atom stereocenters. The van der Waals surface area contributed by atoms with Crippen molar-refractivity contribution in [3.63, 3.8) is 0 Å². The highest BCUT2D eigenvalue weighted by Gasteiger charge is 2.50. The lowest BCUT2D eigenvalue weighted by Gasteiger charge is -2.43. The second-order valence-electron chi connectivity index (χ2n) is 5.56. The van der Waals surface area contributed by atoms with Crippen molar-refractivity contribution in [1.29, 1.82) is 0 Å². The van der Waals surface area contributed by atoms with E-state index < -0.39 is 20.6 Å². The third kappa shape index (κ3) is 2.54. The molecule has 0 radical (unpaired) electrons. The van der Waals surface area contributed by atoms with E-state index in [0.717, 1.165) is 6.42 Å². The second kappa shape index (κ2) is 5.33. The van der Waals surface area contributed by atoms with Crippen molar-refractivity contribution < 1.29 is 12.8 Å². The van der Waals surface area contributed by atoms with E-state index in [2.05, 4.69) is 0 Å². The van der Waals surface area contributed by atoms with Crippen LogP contribution in [0, 0.1) is 5.82 Å². The fourth-order valence-electron chi connectivity index (χ4n) is 3.33. The SMILES string of the molecule is CN(c1cccc(F)c1)C1(CN)CCCC1S(C)(=O)=O. The summed E-state index contributed by atoms with van der Waals surface area (Å²) >= 11 is 0. The highest BCUT2D eigenvalue weighted by Crippen LogP contribution is 2.40. The number of sulfone groups is 1. The van der Waals surface area contributed by atoms with Gasteiger partial charge in [0.1, 0.15) is 5.82 Å². The molecule has 1 aromatic carbocycles. The average molecular weight is 300 g/mol. The number of halogens is 1. The fraction of sp³-hybridized carbons (Fsp3) is 0.571. The van der Waals surface area contributed by atoms with Crippen LogP contribution in [-0.4, -0.2) is 39.1 Å². The first kappa shape index (κ1) is 15.3. The van der Waals surface area contributed by atoms with Crippen LogP contribution in [0.1, 0.15) is 19.3 Å². The maximum atomic E-state index is 13.4. The Hall–Kier alpha value is -1.14. The van der Waals surface area contributed by atoms with Crippen molar-refractivity contribution in [2.45, 2.75) is 30.1 Å². The molecule has 6 heteroatoms. The first-order chi connectivity index (χ1) is 9.31. The predicted molar refractivity (Wildman–Crippen MR) is 79.1 cm³/mol. The lowest BCUT2D eigenvalue weighted by atomic mass is 9.94. The van der Waals surface area contributed by atoms with Gasteiger partial charge in [-0.1, -0.05) is 6.07 Å². The molecule has 2 rings (SSSR count). The molecule has 0 aliphatic heterocycles. The molecule has 1 aromatic rings. The molecule has 0 aromatic heterocycles. The van der Waals surface area contributed by atoms with Crippen LogP contribution in [0.15, 0.2) is 24.3 Å². The summed E-state index contributed by atoms with van der Waals surface area (Å²) in [6.07, 6.45) is 3.38. The first-order valence-electron chi connectivity index (χ1n) is 6.69. The molecule has 2 N–H and O–H groups in total. The highest BCUT2D eigenvalue weighted by atomic mass is 32.2. The minimum Gasteiger partial charge on any atom is -0.366 e. The lowest BCUT2D eigenvalue weighted by molar-refractivity contribution is 0.420. The van der Waals surface area contributed by atoms with Crippen molar-refractivity contribution in [3.05, 3.63) is 30.1 Å². The van der Waals surface area contributed by atoms with Crippen molar-refractivity contribution in [1.82, 2.24) is 0 Å². The monoisotopic (exact) mass is 300 g/mol. The zero-order chi connectivity index (χ0) is 15.0. The topological polar surface area (TPSA) is 63.4 Å². The summed E-state index contributed by atoms with van der Waals surface area (Å²) in [5.74, 6) is -0.338. The molecule has 1 aliphatic rings. The number of hydrogen-bond acceptors (Lipinski definition) is 4. The molecule has 1 fully saturated rings. The zero-order valence-electron chi connectivity index (χ0n) is 11.8. The van der Waals surface area contributed by atoms with E-state index in [4.69, 9.17) is 5.73 Å². The van der Waals surface area contributed by atoms with E-state index in [1.54, 1.807) is 19.2 Å². The van der Waals surface area contributed by atoms with Gasteiger partial charge in [0.2, 0.25) is 0 Å². The Morgan fingerprint density at radius 3 is 2.75 bits per heavy atom. The van der Waals surface area contributed by atoms with Gasteiger partial charge in [-0.25, -0.2) is 12.8 Å². The summed E-state index contributed by atoms with van der Waals surface area (Å²) in [6, 6.07) is 6.18. The number of anilines is 1. The molecule has 4 nitrogen and oxygen atoms in total. The molecule has 0 amide bonds. The van der Waals surface area contributed by atoms with Gasteiger partial charge in [0, 0.05) is 25.5 Å². The minimum absolute atomic E-state index is 0.234. The first-order valence-corrected chi connectivity index (χ1v) is 8.65. The van der Waals surface area contributed by atoms with Crippen molar-refractivity contribution in [2.75, 3.05) is 24.7 Å². The van der Waals surface area contributed by atoms with Crippen LogP contribution in [0.2, 0.25) is 0 Å². The molecule has 1 aliphatic carbocycles. The van der Waals surface area contributed by atoms with E-state index in [1.807, 2.05) is 4.90 Å². The molecule has 112 valence electrons. The van der Waals surface area contributed by atoms with Gasteiger partial charge in [0.05, 0.1) is 10.8 Å². The summed E-state index contributed by atoms with van der Waals surface area (Å²) in [5, 5.41) is -0.506. The summed E-state index contributed by atoms with van der Waals surface area (Å²) in [7, 11) is -1.40. The van der Waals surface area contributed by atoms with Crippen LogP contribution in [0.4, 0.5) is 10.1 Å². The van der Waals surface area contributed by atoms with Crippen LogP contribution in [-0.2, 0) is 9.84 Å². The Balaban J connectivity index is 2.45. The Bertz CT molecular complexity index is 591. The number of benzene rings is 1. The van der Waals surface area contributed by atoms with Crippen molar-refractivity contribution in [2.24, 2.45) is 5.73 Å². The highest BCUT2D eigenvalue weighted by molar-refractivity contribution is 7.91. The molecule has 20 heavy (non-hydrogen) atoms. The van der Waals surface area contributed by atoms with Gasteiger partial charge < -0.3 is 10.6 Å². The van der Waals surface area contributed by atoms with E-state index in [1.165, 1.54) is 18.4 Å². The van der Waals surface area contributed by atoms with Gasteiger partial charge in [-0.3, -0.25) is 0 Å². The van der Waals surface area contributed by atoms with Crippen molar-refractivity contribution in [3.8, 4) is 0 Å². The molecular weight excluding hydrogens is 279 g/mol. The van der Waals surface area contributed by atoms with Crippen molar-refractivity contribution >= 4 is 15.5 Å². The summed E-state index contributed by atoms with van der Waals surface area (Å²) in [6.45, 7) is 0.234. The van der Waals surface area contributed by atoms with E-state index >= 15 is 0 Å². The number of nitrogens with two attached hydrogens (primary N) is 1. The maximum Gasteiger partial charge on any atom is 0.152 e. The fourth-order valence-corrected chi connectivity index (χ4v) is 5.10. The van der Waals surface area contributed by atoms with E-state index in [0.29, 0.717) is 18.5 Å². The molecular formula is C14H21FN2O2S. The van der Waals surface area contributed by atoms with E-state index in [-0.39, 0.29) is 12.4 Å². The Morgan fingerprint density at radius 2 is 2.20 bits per heavy atom. The Labute approximate surface area is 119 Å². The van der Waals surface area contributed by atoms with Gasteiger partial charge in [0.25, 0.3) is 0 Å². The molecule has 0 bridgehead atoms. The van der Waals surface area contributed by atoms with E-state index in [9.17, 15) is 12.8 Å². The standard InChI is InChI=1S/C14H21FN2O2S/c1-17(12-6-3-5-11(15)9-12)14(10-16)8-4-7-13(14)20(2,18)19/h3,5-6,9,13H,4,7-8,10,16H2,1-2H3. The van der Waals surface area contributed by atoms with Crippen LogP contribution in [0.25, 0.3) is 0 Å². The van der Waals surface area contributed by atoms with Gasteiger partial charge >= 0.3 is 0 Å².